The molecule has 2 aromatic heterocycles. The Hall–Kier alpha value is -3.00. The number of fused-ring (bicyclic) bond motifs is 1. The van der Waals surface area contributed by atoms with Gasteiger partial charge in [0, 0.05) is 43.5 Å². The van der Waals surface area contributed by atoms with Crippen LogP contribution in [-0.4, -0.2) is 55.8 Å². The van der Waals surface area contributed by atoms with Crippen molar-refractivity contribution in [2.24, 2.45) is 0 Å². The molecule has 1 aromatic carbocycles. The normalized spacial score (nSPS) is 19.3. The van der Waals surface area contributed by atoms with Crippen molar-refractivity contribution in [1.82, 2.24) is 24.8 Å². The number of carbonyl (C=O) groups excluding carboxylic acids is 1. The van der Waals surface area contributed by atoms with E-state index in [-0.39, 0.29) is 12.5 Å². The zero-order chi connectivity index (χ0) is 21.3. The van der Waals surface area contributed by atoms with E-state index in [2.05, 4.69) is 36.7 Å². The van der Waals surface area contributed by atoms with Crippen molar-refractivity contribution in [3.8, 4) is 0 Å². The fourth-order valence-corrected chi connectivity index (χ4v) is 4.20. The predicted octanol–water partition coefficient (Wildman–Crippen LogP) is 2.22. The van der Waals surface area contributed by atoms with Gasteiger partial charge in [-0.2, -0.15) is 0 Å². The average molecular weight is 409 g/mol. The smallest absolute Gasteiger partial charge is 0.251 e. The van der Waals surface area contributed by atoms with Crippen molar-refractivity contribution < 1.29 is 9.90 Å². The molecular formula is C22H28N6O2. The van der Waals surface area contributed by atoms with Crippen LogP contribution in [0.4, 0.5) is 5.82 Å². The third-order valence-corrected chi connectivity index (χ3v) is 5.76. The number of nitrogens with one attached hydrogen (secondary N) is 1. The third kappa shape index (κ3) is 4.00. The molecule has 1 amide bonds. The van der Waals surface area contributed by atoms with E-state index in [0.29, 0.717) is 18.5 Å². The first-order chi connectivity index (χ1) is 14.4. The minimum absolute atomic E-state index is 0.187. The number of piperidine rings is 1. The van der Waals surface area contributed by atoms with Crippen molar-refractivity contribution in [3.63, 3.8) is 0 Å². The van der Waals surface area contributed by atoms with Crippen molar-refractivity contribution in [2.75, 3.05) is 24.5 Å². The molecule has 8 nitrogen and oxygen atoms in total. The first-order valence-electron chi connectivity index (χ1n) is 10.4. The van der Waals surface area contributed by atoms with Crippen molar-refractivity contribution in [3.05, 3.63) is 47.7 Å². The number of nitrogens with zero attached hydrogens (tertiary/aromatic N) is 5. The van der Waals surface area contributed by atoms with Crippen molar-refractivity contribution in [1.29, 1.82) is 0 Å². The van der Waals surface area contributed by atoms with Gasteiger partial charge in [0.2, 0.25) is 0 Å². The summed E-state index contributed by atoms with van der Waals surface area (Å²) >= 11 is 0. The standard InChI is InChI=1S/C22H28N6O2/c1-4-28-16(3)26-18-11-17(6-7-19(18)28)21(29)23-12-22(30)8-5-9-27(13-22)20-10-15(2)24-14-25-20/h6-7,10-11,14,30H,4-5,8-9,12-13H2,1-3H3,(H,23,29). The molecule has 0 bridgehead atoms. The molecule has 2 N–H and O–H groups in total. The lowest BCUT2D eigenvalue weighted by molar-refractivity contribution is 0.0254. The zero-order valence-electron chi connectivity index (χ0n) is 17.7. The third-order valence-electron chi connectivity index (χ3n) is 5.76. The van der Waals surface area contributed by atoms with Gasteiger partial charge in [-0.25, -0.2) is 15.0 Å². The van der Waals surface area contributed by atoms with Gasteiger partial charge in [0.15, 0.2) is 0 Å². The van der Waals surface area contributed by atoms with Gasteiger partial charge in [0.1, 0.15) is 18.0 Å². The van der Waals surface area contributed by atoms with E-state index >= 15 is 0 Å². The second-order valence-electron chi connectivity index (χ2n) is 8.06. The average Bonchev–Trinajstić information content (AvgIpc) is 3.06. The highest BCUT2D eigenvalue weighted by Gasteiger charge is 2.34. The van der Waals surface area contributed by atoms with E-state index in [9.17, 15) is 9.90 Å². The molecule has 1 aliphatic heterocycles. The van der Waals surface area contributed by atoms with E-state index in [1.807, 2.05) is 38.1 Å². The number of aromatic nitrogens is 4. The Kier molecular flexibility index (Phi) is 5.42. The number of aryl methyl sites for hydroxylation is 3. The first-order valence-corrected chi connectivity index (χ1v) is 10.4. The summed E-state index contributed by atoms with van der Waals surface area (Å²) in [5.41, 5.74) is 2.26. The van der Waals surface area contributed by atoms with Gasteiger partial charge >= 0.3 is 0 Å². The largest absolute Gasteiger partial charge is 0.386 e. The SMILES string of the molecule is CCn1c(C)nc2cc(C(=O)NCC3(O)CCCN(c4cc(C)ncn4)C3)ccc21. The molecule has 1 unspecified atom stereocenters. The molecule has 3 heterocycles. The van der Waals surface area contributed by atoms with Crippen LogP contribution in [0.15, 0.2) is 30.6 Å². The molecule has 0 spiro atoms. The van der Waals surface area contributed by atoms with Crippen molar-refractivity contribution in [2.45, 2.75) is 45.8 Å². The summed E-state index contributed by atoms with van der Waals surface area (Å²) in [7, 11) is 0. The summed E-state index contributed by atoms with van der Waals surface area (Å²) in [6.45, 7) is 8.23. The molecule has 30 heavy (non-hydrogen) atoms. The Morgan fingerprint density at radius 3 is 2.87 bits per heavy atom. The first kappa shape index (κ1) is 20.3. The molecule has 1 fully saturated rings. The lowest BCUT2D eigenvalue weighted by atomic mass is 9.92. The lowest BCUT2D eigenvalue weighted by Gasteiger charge is -2.39. The molecule has 3 aromatic rings. The Morgan fingerprint density at radius 1 is 1.27 bits per heavy atom. The number of anilines is 1. The minimum Gasteiger partial charge on any atom is -0.386 e. The van der Waals surface area contributed by atoms with E-state index in [0.717, 1.165) is 47.9 Å². The van der Waals surface area contributed by atoms with Gasteiger partial charge < -0.3 is 19.9 Å². The highest BCUT2D eigenvalue weighted by Crippen LogP contribution is 2.25. The maximum absolute atomic E-state index is 12.7. The summed E-state index contributed by atoms with van der Waals surface area (Å²) < 4.78 is 2.12. The van der Waals surface area contributed by atoms with E-state index in [1.165, 1.54) is 6.33 Å². The van der Waals surface area contributed by atoms with Crippen LogP contribution in [0.3, 0.4) is 0 Å². The Morgan fingerprint density at radius 2 is 2.10 bits per heavy atom. The van der Waals surface area contributed by atoms with Gasteiger partial charge in [-0.05, 0) is 51.8 Å². The van der Waals surface area contributed by atoms with Gasteiger partial charge in [0.25, 0.3) is 5.91 Å². The van der Waals surface area contributed by atoms with E-state index < -0.39 is 5.60 Å². The molecule has 1 aliphatic rings. The number of hydrogen-bond acceptors (Lipinski definition) is 6. The second-order valence-corrected chi connectivity index (χ2v) is 8.06. The molecule has 8 heteroatoms. The lowest BCUT2D eigenvalue weighted by Crippen LogP contribution is -2.54. The van der Waals surface area contributed by atoms with Gasteiger partial charge in [0.05, 0.1) is 16.6 Å². The number of β-amino-alcohol motifs (C(OH)–C–C–N with tert-alkyl or cyclic N) is 1. The number of carbonyl (C=O) groups is 1. The van der Waals surface area contributed by atoms with Crippen LogP contribution in [0.5, 0.6) is 0 Å². The van der Waals surface area contributed by atoms with Crippen LogP contribution in [0.2, 0.25) is 0 Å². The molecule has 1 atom stereocenters. The quantitative estimate of drug-likeness (QED) is 0.672. The summed E-state index contributed by atoms with van der Waals surface area (Å²) in [4.78, 5) is 27.8. The maximum Gasteiger partial charge on any atom is 0.251 e. The molecule has 0 aliphatic carbocycles. The van der Waals surface area contributed by atoms with Crippen LogP contribution in [0.25, 0.3) is 11.0 Å². The summed E-state index contributed by atoms with van der Waals surface area (Å²) in [6, 6.07) is 7.47. The second kappa shape index (κ2) is 8.02. The van der Waals surface area contributed by atoms with Crippen LogP contribution in [-0.2, 0) is 6.54 Å². The molecular weight excluding hydrogens is 380 g/mol. The van der Waals surface area contributed by atoms with Crippen LogP contribution >= 0.6 is 0 Å². The Bertz CT molecular complexity index is 1080. The predicted molar refractivity (Wildman–Crippen MR) is 116 cm³/mol. The minimum atomic E-state index is -1.00. The Labute approximate surface area is 176 Å². The van der Waals surface area contributed by atoms with Gasteiger partial charge in [-0.15, -0.1) is 0 Å². The van der Waals surface area contributed by atoms with Crippen molar-refractivity contribution >= 4 is 22.8 Å². The van der Waals surface area contributed by atoms with Gasteiger partial charge in [-0.1, -0.05) is 0 Å². The fourth-order valence-electron chi connectivity index (χ4n) is 4.20. The highest BCUT2D eigenvalue weighted by molar-refractivity contribution is 5.97. The monoisotopic (exact) mass is 408 g/mol. The molecule has 4 rings (SSSR count). The Balaban J connectivity index is 1.44. The molecule has 1 saturated heterocycles. The molecule has 0 saturated carbocycles. The number of aliphatic hydroxyl groups is 1. The fraction of sp³-hybridized carbons (Fsp3) is 0.455. The molecule has 0 radical (unpaired) electrons. The van der Waals surface area contributed by atoms with Gasteiger partial charge in [-0.3, -0.25) is 4.79 Å². The van der Waals surface area contributed by atoms with Crippen LogP contribution in [0.1, 0.15) is 41.6 Å². The topological polar surface area (TPSA) is 96.2 Å². The summed E-state index contributed by atoms with van der Waals surface area (Å²) in [5.74, 6) is 1.53. The number of imidazole rings is 1. The maximum atomic E-state index is 12.7. The number of benzene rings is 1. The molecule has 158 valence electrons. The van der Waals surface area contributed by atoms with Crippen LogP contribution in [0, 0.1) is 13.8 Å². The summed E-state index contributed by atoms with van der Waals surface area (Å²) in [5, 5.41) is 14.0. The van der Waals surface area contributed by atoms with E-state index in [4.69, 9.17) is 0 Å². The van der Waals surface area contributed by atoms with E-state index in [1.54, 1.807) is 0 Å². The number of hydrogen-bond donors (Lipinski definition) is 2. The number of rotatable bonds is 5. The summed E-state index contributed by atoms with van der Waals surface area (Å²) in [6.07, 6.45) is 3.00. The number of amides is 1. The highest BCUT2D eigenvalue weighted by atomic mass is 16.3. The van der Waals surface area contributed by atoms with Crippen LogP contribution < -0.4 is 10.2 Å². The zero-order valence-corrected chi connectivity index (χ0v) is 17.7.